The van der Waals surface area contributed by atoms with Crippen LogP contribution in [0.3, 0.4) is 0 Å². The number of nitrogens with zero attached hydrogens (tertiary/aromatic N) is 4. The summed E-state index contributed by atoms with van der Waals surface area (Å²) in [5.41, 5.74) is 3.41. The lowest BCUT2D eigenvalue weighted by Gasteiger charge is -2.48. The first-order valence-electron chi connectivity index (χ1n) is 10.9. The molecular formula is C22H34N6O. The van der Waals surface area contributed by atoms with Crippen molar-refractivity contribution in [3.63, 3.8) is 0 Å². The highest BCUT2D eigenvalue weighted by Crippen LogP contribution is 2.33. The number of pyridine rings is 1. The summed E-state index contributed by atoms with van der Waals surface area (Å²) in [4.78, 5) is 11.8. The highest BCUT2D eigenvalue weighted by molar-refractivity contribution is 5.79. The van der Waals surface area contributed by atoms with E-state index in [1.165, 1.54) is 37.8 Å². The van der Waals surface area contributed by atoms with E-state index in [4.69, 9.17) is 9.72 Å². The molecule has 7 nitrogen and oxygen atoms in total. The van der Waals surface area contributed by atoms with Crippen LogP contribution in [0.4, 0.5) is 0 Å². The topological polar surface area (TPSA) is 66.2 Å². The fourth-order valence-corrected chi connectivity index (χ4v) is 4.78. The molecule has 1 aliphatic carbocycles. The number of aryl methyl sites for hydroxylation is 1. The molecule has 2 fully saturated rings. The lowest BCUT2D eigenvalue weighted by Crippen LogP contribution is -2.60. The lowest BCUT2D eigenvalue weighted by atomic mass is 9.80. The van der Waals surface area contributed by atoms with Gasteiger partial charge in [0.05, 0.1) is 25.5 Å². The predicted octanol–water partition coefficient (Wildman–Crippen LogP) is 2.34. The quantitative estimate of drug-likeness (QED) is 0.598. The maximum Gasteiger partial charge on any atom is 0.191 e. The van der Waals surface area contributed by atoms with Crippen molar-refractivity contribution in [3.05, 3.63) is 35.8 Å². The second-order valence-electron chi connectivity index (χ2n) is 8.29. The average molecular weight is 399 g/mol. The molecule has 2 aliphatic rings. The number of aliphatic imine (C=N–C) groups is 1. The fraction of sp³-hybridized carbons (Fsp3) is 0.636. The van der Waals surface area contributed by atoms with E-state index >= 15 is 0 Å². The number of aromatic nitrogens is 2. The average Bonchev–Trinajstić information content (AvgIpc) is 3.20. The summed E-state index contributed by atoms with van der Waals surface area (Å²) in [6, 6.07) is 6.19. The SMILES string of the molecule is CN=C(NCc1cn2c(C)cccc2n1)NCC1(N2CCOCC2)CCCCC1. The van der Waals surface area contributed by atoms with Crippen molar-refractivity contribution in [1.82, 2.24) is 24.9 Å². The Morgan fingerprint density at radius 3 is 2.69 bits per heavy atom. The van der Waals surface area contributed by atoms with Gasteiger partial charge in [-0.25, -0.2) is 4.98 Å². The molecule has 1 saturated heterocycles. The van der Waals surface area contributed by atoms with Gasteiger partial charge < -0.3 is 19.8 Å². The predicted molar refractivity (Wildman–Crippen MR) is 116 cm³/mol. The molecule has 0 bridgehead atoms. The summed E-state index contributed by atoms with van der Waals surface area (Å²) in [6.45, 7) is 7.45. The van der Waals surface area contributed by atoms with Crippen molar-refractivity contribution in [2.75, 3.05) is 39.9 Å². The second kappa shape index (κ2) is 9.13. The van der Waals surface area contributed by atoms with Crippen molar-refractivity contribution >= 4 is 11.6 Å². The highest BCUT2D eigenvalue weighted by atomic mass is 16.5. The summed E-state index contributed by atoms with van der Waals surface area (Å²) in [6.07, 6.45) is 8.58. The molecule has 29 heavy (non-hydrogen) atoms. The van der Waals surface area contributed by atoms with Gasteiger partial charge >= 0.3 is 0 Å². The van der Waals surface area contributed by atoms with Gasteiger partial charge in [-0.3, -0.25) is 9.89 Å². The van der Waals surface area contributed by atoms with E-state index in [-0.39, 0.29) is 5.54 Å². The van der Waals surface area contributed by atoms with Gasteiger partial charge in [0.2, 0.25) is 0 Å². The minimum Gasteiger partial charge on any atom is -0.379 e. The van der Waals surface area contributed by atoms with Crippen molar-refractivity contribution in [1.29, 1.82) is 0 Å². The Hall–Kier alpha value is -2.12. The van der Waals surface area contributed by atoms with Crippen LogP contribution in [0.2, 0.25) is 0 Å². The molecule has 2 aromatic heterocycles. The number of ether oxygens (including phenoxy) is 1. The van der Waals surface area contributed by atoms with E-state index in [2.05, 4.69) is 44.1 Å². The van der Waals surface area contributed by atoms with Crippen LogP contribution < -0.4 is 10.6 Å². The first-order valence-corrected chi connectivity index (χ1v) is 10.9. The molecule has 2 N–H and O–H groups in total. The van der Waals surface area contributed by atoms with Gasteiger partial charge in [0.15, 0.2) is 5.96 Å². The monoisotopic (exact) mass is 398 g/mol. The number of hydrogen-bond acceptors (Lipinski definition) is 4. The van der Waals surface area contributed by atoms with Crippen LogP contribution in [-0.4, -0.2) is 65.7 Å². The van der Waals surface area contributed by atoms with Gasteiger partial charge in [0.1, 0.15) is 5.65 Å². The standard InChI is InChI=1S/C22H34N6O/c1-18-7-6-8-20-26-19(16-28(18)20)15-24-21(23-2)25-17-22(9-4-3-5-10-22)27-11-13-29-14-12-27/h6-8,16H,3-5,9-15,17H2,1-2H3,(H2,23,24,25). The van der Waals surface area contributed by atoms with Crippen LogP contribution in [0.1, 0.15) is 43.5 Å². The molecule has 0 radical (unpaired) electrons. The number of fused-ring (bicyclic) bond motifs is 1. The highest BCUT2D eigenvalue weighted by Gasteiger charge is 2.38. The van der Waals surface area contributed by atoms with Crippen molar-refractivity contribution < 1.29 is 4.74 Å². The van der Waals surface area contributed by atoms with Gasteiger partial charge in [0.25, 0.3) is 0 Å². The zero-order chi connectivity index (χ0) is 20.1. The van der Waals surface area contributed by atoms with Crippen LogP contribution in [-0.2, 0) is 11.3 Å². The molecule has 2 aromatic rings. The van der Waals surface area contributed by atoms with Crippen molar-refractivity contribution in [2.24, 2.45) is 4.99 Å². The van der Waals surface area contributed by atoms with E-state index in [0.29, 0.717) is 6.54 Å². The van der Waals surface area contributed by atoms with Crippen LogP contribution in [0.25, 0.3) is 5.65 Å². The fourth-order valence-electron chi connectivity index (χ4n) is 4.78. The number of guanidine groups is 1. The molecule has 158 valence electrons. The van der Waals surface area contributed by atoms with Gasteiger partial charge in [-0.05, 0) is 31.9 Å². The number of hydrogen-bond donors (Lipinski definition) is 2. The van der Waals surface area contributed by atoms with Gasteiger partial charge in [-0.15, -0.1) is 0 Å². The molecule has 0 atom stereocenters. The van der Waals surface area contributed by atoms with Crippen molar-refractivity contribution in [3.8, 4) is 0 Å². The largest absolute Gasteiger partial charge is 0.379 e. The molecule has 7 heteroatoms. The number of morpholine rings is 1. The number of rotatable bonds is 5. The molecule has 0 amide bonds. The minimum atomic E-state index is 0.222. The molecule has 0 spiro atoms. The lowest BCUT2D eigenvalue weighted by molar-refractivity contribution is -0.0352. The summed E-state index contributed by atoms with van der Waals surface area (Å²) >= 11 is 0. The third kappa shape index (κ3) is 4.56. The van der Waals surface area contributed by atoms with E-state index in [9.17, 15) is 0 Å². The van der Waals surface area contributed by atoms with Gasteiger partial charge in [-0.1, -0.05) is 25.3 Å². The van der Waals surface area contributed by atoms with Crippen LogP contribution in [0, 0.1) is 6.92 Å². The minimum absolute atomic E-state index is 0.222. The normalized spacial score (nSPS) is 20.7. The smallest absolute Gasteiger partial charge is 0.191 e. The van der Waals surface area contributed by atoms with Crippen molar-refractivity contribution in [2.45, 2.75) is 51.1 Å². The summed E-state index contributed by atoms with van der Waals surface area (Å²) < 4.78 is 7.72. The summed E-state index contributed by atoms with van der Waals surface area (Å²) in [5, 5.41) is 7.06. The molecule has 3 heterocycles. The Morgan fingerprint density at radius 1 is 1.17 bits per heavy atom. The maximum absolute atomic E-state index is 5.60. The van der Waals surface area contributed by atoms with E-state index < -0.39 is 0 Å². The van der Waals surface area contributed by atoms with Crippen LogP contribution in [0.5, 0.6) is 0 Å². The first kappa shape index (κ1) is 20.2. The first-order chi connectivity index (χ1) is 14.2. The zero-order valence-corrected chi connectivity index (χ0v) is 17.8. The Labute approximate surface area is 173 Å². The van der Waals surface area contributed by atoms with Crippen LogP contribution in [0.15, 0.2) is 29.4 Å². The van der Waals surface area contributed by atoms with E-state index in [1.54, 1.807) is 0 Å². The molecule has 4 rings (SSSR count). The number of nitrogens with one attached hydrogen (secondary N) is 2. The third-order valence-corrected chi connectivity index (χ3v) is 6.46. The maximum atomic E-state index is 5.60. The second-order valence-corrected chi connectivity index (χ2v) is 8.29. The Morgan fingerprint density at radius 2 is 1.97 bits per heavy atom. The van der Waals surface area contributed by atoms with Gasteiger partial charge in [-0.2, -0.15) is 0 Å². The van der Waals surface area contributed by atoms with Crippen LogP contribution >= 0.6 is 0 Å². The molecule has 0 aromatic carbocycles. The summed E-state index contributed by atoms with van der Waals surface area (Å²) in [7, 11) is 1.84. The van der Waals surface area contributed by atoms with Gasteiger partial charge in [0, 0.05) is 44.1 Å². The Balaban J connectivity index is 1.37. The molecule has 1 aliphatic heterocycles. The Bertz CT molecular complexity index is 833. The molecule has 0 unspecified atom stereocenters. The van der Waals surface area contributed by atoms with E-state index in [1.807, 2.05) is 19.2 Å². The Kier molecular flexibility index (Phi) is 6.35. The van der Waals surface area contributed by atoms with E-state index in [0.717, 1.165) is 50.1 Å². The molecule has 1 saturated carbocycles. The molecular weight excluding hydrogens is 364 g/mol. The number of imidazole rings is 1. The third-order valence-electron chi connectivity index (χ3n) is 6.46. The zero-order valence-electron chi connectivity index (χ0n) is 17.8. The summed E-state index contributed by atoms with van der Waals surface area (Å²) in [5.74, 6) is 0.844.